The Morgan fingerprint density at radius 2 is 2.18 bits per heavy atom. The zero-order valence-corrected chi connectivity index (χ0v) is 6.87. The molecule has 1 aromatic rings. The quantitative estimate of drug-likeness (QED) is 0.555. The average Bonchev–Trinajstić information content (AvgIpc) is 2.34. The van der Waals surface area contributed by atoms with E-state index in [1.165, 1.54) is 11.3 Å². The van der Waals surface area contributed by atoms with Gasteiger partial charge in [0.05, 0.1) is 18.6 Å². The lowest BCUT2D eigenvalue weighted by molar-refractivity contribution is 0.316. The Morgan fingerprint density at radius 3 is 3.00 bits per heavy atom. The molecule has 0 atom stereocenters. The van der Waals surface area contributed by atoms with Crippen molar-refractivity contribution < 1.29 is 4.42 Å². The van der Waals surface area contributed by atoms with Gasteiger partial charge in [0.15, 0.2) is 0 Å². The fraction of sp³-hybridized carbons (Fsp3) is 0.500. The van der Waals surface area contributed by atoms with E-state index in [9.17, 15) is 0 Å². The zero-order valence-electron chi connectivity index (χ0n) is 6.87. The number of nitrogens with zero attached hydrogens (tertiary/aromatic N) is 2. The van der Waals surface area contributed by atoms with Crippen LogP contribution in [0.4, 0.5) is 5.69 Å². The van der Waals surface area contributed by atoms with Crippen LogP contribution in [0.25, 0.3) is 0 Å². The van der Waals surface area contributed by atoms with E-state index in [1.807, 2.05) is 12.5 Å². The number of hydrogen-bond donors (Lipinski definition) is 0. The summed E-state index contributed by atoms with van der Waals surface area (Å²) in [7, 11) is 4.18. The fourth-order valence-electron chi connectivity index (χ4n) is 1.55. The smallest absolute Gasteiger partial charge is 0.114 e. The molecule has 0 aliphatic carbocycles. The Labute approximate surface area is 66.2 Å². The molecule has 0 amide bonds. The molecule has 1 aliphatic rings. The molecule has 0 radical (unpaired) electrons. The van der Waals surface area contributed by atoms with E-state index in [4.69, 9.17) is 4.42 Å². The van der Waals surface area contributed by atoms with Crippen molar-refractivity contribution in [2.75, 3.05) is 25.7 Å². The first kappa shape index (κ1) is 6.73. The number of anilines is 1. The van der Waals surface area contributed by atoms with Crippen LogP contribution in [0, 0.1) is 0 Å². The standard InChI is InChI=1S/C8H12N2O/c1-9-3-7-4-11-5-8(7)10(2)6-9/h4-5H,3,6H2,1-2H3. The van der Waals surface area contributed by atoms with Crippen molar-refractivity contribution in [3.63, 3.8) is 0 Å². The summed E-state index contributed by atoms with van der Waals surface area (Å²) in [6.45, 7) is 1.97. The maximum Gasteiger partial charge on any atom is 0.114 e. The highest BCUT2D eigenvalue weighted by Gasteiger charge is 2.18. The summed E-state index contributed by atoms with van der Waals surface area (Å²) in [5, 5.41) is 0. The van der Waals surface area contributed by atoms with Crippen LogP contribution in [0.3, 0.4) is 0 Å². The molecule has 0 N–H and O–H groups in total. The second-order valence-electron chi connectivity index (χ2n) is 3.14. The Bertz CT molecular complexity index is 256. The van der Waals surface area contributed by atoms with Crippen molar-refractivity contribution in [1.29, 1.82) is 0 Å². The van der Waals surface area contributed by atoms with Gasteiger partial charge in [-0.25, -0.2) is 0 Å². The van der Waals surface area contributed by atoms with E-state index < -0.39 is 0 Å². The summed E-state index contributed by atoms with van der Waals surface area (Å²) in [6, 6.07) is 0. The van der Waals surface area contributed by atoms with Crippen LogP contribution in [-0.4, -0.2) is 25.7 Å². The molecule has 0 aromatic carbocycles. The number of rotatable bonds is 0. The monoisotopic (exact) mass is 152 g/mol. The summed E-state index contributed by atoms with van der Waals surface area (Å²) in [4.78, 5) is 4.43. The van der Waals surface area contributed by atoms with E-state index in [0.29, 0.717) is 0 Å². The second kappa shape index (κ2) is 2.27. The molecule has 0 fully saturated rings. The number of fused-ring (bicyclic) bond motifs is 1. The van der Waals surface area contributed by atoms with Crippen molar-refractivity contribution in [2.45, 2.75) is 6.54 Å². The molecular weight excluding hydrogens is 140 g/mol. The highest BCUT2D eigenvalue weighted by Crippen LogP contribution is 2.25. The molecule has 3 heteroatoms. The predicted octanol–water partition coefficient (Wildman–Crippen LogP) is 1.12. The van der Waals surface area contributed by atoms with Crippen LogP contribution in [0.1, 0.15) is 5.56 Å². The van der Waals surface area contributed by atoms with Gasteiger partial charge in [-0.2, -0.15) is 0 Å². The third kappa shape index (κ3) is 1.01. The molecular formula is C8H12N2O. The minimum atomic E-state index is 0.979. The molecule has 2 rings (SSSR count). The van der Waals surface area contributed by atoms with Crippen molar-refractivity contribution in [3.05, 3.63) is 18.1 Å². The fourth-order valence-corrected chi connectivity index (χ4v) is 1.55. The molecule has 1 aliphatic heterocycles. The van der Waals surface area contributed by atoms with Crippen molar-refractivity contribution in [2.24, 2.45) is 0 Å². The largest absolute Gasteiger partial charge is 0.470 e. The topological polar surface area (TPSA) is 19.6 Å². The molecule has 0 bridgehead atoms. The zero-order chi connectivity index (χ0) is 7.84. The van der Waals surface area contributed by atoms with E-state index in [0.717, 1.165) is 13.2 Å². The normalized spacial score (nSPS) is 18.5. The highest BCUT2D eigenvalue weighted by atomic mass is 16.3. The van der Waals surface area contributed by atoms with Gasteiger partial charge in [0.1, 0.15) is 6.26 Å². The molecule has 3 nitrogen and oxygen atoms in total. The summed E-state index contributed by atoms with van der Waals surface area (Å²) in [5.74, 6) is 0. The predicted molar refractivity (Wildman–Crippen MR) is 43.4 cm³/mol. The Morgan fingerprint density at radius 1 is 1.36 bits per heavy atom. The minimum Gasteiger partial charge on any atom is -0.470 e. The lowest BCUT2D eigenvalue weighted by Crippen LogP contribution is -2.36. The Balaban J connectivity index is 2.36. The average molecular weight is 152 g/mol. The van der Waals surface area contributed by atoms with E-state index in [2.05, 4.69) is 23.9 Å². The first-order chi connectivity index (χ1) is 5.27. The van der Waals surface area contributed by atoms with Gasteiger partial charge >= 0.3 is 0 Å². The minimum absolute atomic E-state index is 0.979. The van der Waals surface area contributed by atoms with Crippen LogP contribution in [-0.2, 0) is 6.54 Å². The van der Waals surface area contributed by atoms with Crippen LogP contribution < -0.4 is 4.90 Å². The van der Waals surface area contributed by atoms with Gasteiger partial charge in [0, 0.05) is 19.2 Å². The van der Waals surface area contributed by atoms with Gasteiger partial charge in [0.2, 0.25) is 0 Å². The van der Waals surface area contributed by atoms with Gasteiger partial charge < -0.3 is 9.32 Å². The second-order valence-corrected chi connectivity index (χ2v) is 3.14. The van der Waals surface area contributed by atoms with E-state index in [-0.39, 0.29) is 0 Å². The highest BCUT2D eigenvalue weighted by molar-refractivity contribution is 5.51. The van der Waals surface area contributed by atoms with Gasteiger partial charge in [-0.3, -0.25) is 4.90 Å². The molecule has 2 heterocycles. The number of hydrogen-bond acceptors (Lipinski definition) is 3. The van der Waals surface area contributed by atoms with Crippen molar-refractivity contribution >= 4 is 5.69 Å². The Hall–Kier alpha value is -0.960. The molecule has 0 unspecified atom stereocenters. The summed E-state index contributed by atoms with van der Waals surface area (Å²) in [6.07, 6.45) is 3.63. The van der Waals surface area contributed by atoms with Gasteiger partial charge in [-0.05, 0) is 7.05 Å². The third-order valence-electron chi connectivity index (χ3n) is 2.02. The van der Waals surface area contributed by atoms with Gasteiger partial charge in [-0.1, -0.05) is 0 Å². The van der Waals surface area contributed by atoms with Crippen LogP contribution in [0.2, 0.25) is 0 Å². The lowest BCUT2D eigenvalue weighted by Gasteiger charge is -2.30. The van der Waals surface area contributed by atoms with Crippen LogP contribution in [0.15, 0.2) is 16.9 Å². The maximum atomic E-state index is 5.12. The number of furan rings is 1. The Kier molecular flexibility index (Phi) is 1.39. The molecule has 0 saturated heterocycles. The van der Waals surface area contributed by atoms with Crippen LogP contribution in [0.5, 0.6) is 0 Å². The van der Waals surface area contributed by atoms with Gasteiger partial charge in [-0.15, -0.1) is 0 Å². The summed E-state index contributed by atoms with van der Waals surface area (Å²) >= 11 is 0. The van der Waals surface area contributed by atoms with E-state index in [1.54, 1.807) is 0 Å². The van der Waals surface area contributed by atoms with Crippen molar-refractivity contribution in [3.8, 4) is 0 Å². The summed E-state index contributed by atoms with van der Waals surface area (Å²) in [5.41, 5.74) is 2.50. The molecule has 11 heavy (non-hydrogen) atoms. The maximum absolute atomic E-state index is 5.12. The van der Waals surface area contributed by atoms with Gasteiger partial charge in [0.25, 0.3) is 0 Å². The third-order valence-corrected chi connectivity index (χ3v) is 2.02. The first-order valence-electron chi connectivity index (χ1n) is 3.72. The summed E-state index contributed by atoms with van der Waals surface area (Å²) < 4.78 is 5.12. The van der Waals surface area contributed by atoms with Crippen molar-refractivity contribution in [1.82, 2.24) is 4.90 Å². The SMILES string of the molecule is CN1Cc2cocc2N(C)C1. The first-order valence-corrected chi connectivity index (χ1v) is 3.72. The molecule has 0 saturated carbocycles. The molecule has 1 aromatic heterocycles. The molecule has 60 valence electrons. The van der Waals surface area contributed by atoms with E-state index >= 15 is 0 Å². The molecule has 0 spiro atoms. The van der Waals surface area contributed by atoms with Crippen LogP contribution >= 0.6 is 0 Å². The lowest BCUT2D eigenvalue weighted by atomic mass is 10.2.